The van der Waals surface area contributed by atoms with Crippen LogP contribution in [0.3, 0.4) is 0 Å². The molecule has 12 aromatic carbocycles. The molecule has 0 N–H and O–H groups in total. The number of rotatable bonds is 10. The van der Waals surface area contributed by atoms with E-state index in [0.717, 1.165) is 34.0 Å². The van der Waals surface area contributed by atoms with Crippen LogP contribution in [0.15, 0.2) is 243 Å². The monoisotopic (exact) mass is 922 g/mol. The summed E-state index contributed by atoms with van der Waals surface area (Å²) in [5, 5.41) is 9.67. The number of hydrogen-bond acceptors (Lipinski definition) is 2. The van der Waals surface area contributed by atoms with E-state index in [-0.39, 0.29) is 0 Å². The fourth-order valence-electron chi connectivity index (χ4n) is 10.6. The minimum atomic E-state index is 1.10. The number of fused-ring (bicyclic) bond motifs is 4. The third-order valence-corrected chi connectivity index (χ3v) is 14.3. The summed E-state index contributed by atoms with van der Waals surface area (Å²) in [6, 6.07) is 89.6. The van der Waals surface area contributed by atoms with E-state index in [1.165, 1.54) is 98.8 Å². The lowest BCUT2D eigenvalue weighted by Gasteiger charge is -2.30. The van der Waals surface area contributed by atoms with Gasteiger partial charge in [0.05, 0.1) is 11.4 Å². The molecule has 0 aliphatic rings. The molecule has 2 heteroatoms. The van der Waals surface area contributed by atoms with Crippen molar-refractivity contribution in [3.8, 4) is 22.3 Å². The molecule has 0 radical (unpaired) electrons. The molecule has 0 saturated heterocycles. The van der Waals surface area contributed by atoms with Crippen molar-refractivity contribution >= 4 is 89.4 Å². The van der Waals surface area contributed by atoms with Gasteiger partial charge >= 0.3 is 0 Å². The highest BCUT2D eigenvalue weighted by molar-refractivity contribution is 6.25. The van der Waals surface area contributed by atoms with E-state index >= 15 is 0 Å². The van der Waals surface area contributed by atoms with E-state index in [4.69, 9.17) is 0 Å². The Labute approximate surface area is 423 Å². The molecule has 0 heterocycles. The molecule has 12 rings (SSSR count). The third-order valence-electron chi connectivity index (χ3n) is 14.3. The number of nitrogens with zero attached hydrogens (tertiary/aromatic N) is 2. The van der Waals surface area contributed by atoms with E-state index in [2.05, 4.69) is 292 Å². The minimum absolute atomic E-state index is 1.10. The molecule has 0 atom stereocenters. The summed E-state index contributed by atoms with van der Waals surface area (Å²) in [6.07, 6.45) is 4.37. The normalized spacial score (nSPS) is 11.6. The van der Waals surface area contributed by atoms with E-state index < -0.39 is 0 Å². The molecule has 12 aromatic rings. The first kappa shape index (κ1) is 44.2. The Morgan fingerprint density at radius 2 is 0.569 bits per heavy atom. The first-order valence-electron chi connectivity index (χ1n) is 25.0. The van der Waals surface area contributed by atoms with E-state index in [9.17, 15) is 0 Å². The van der Waals surface area contributed by atoms with Crippen molar-refractivity contribution < 1.29 is 0 Å². The third kappa shape index (κ3) is 8.17. The molecule has 72 heavy (non-hydrogen) atoms. The molecule has 0 unspecified atom stereocenters. The summed E-state index contributed by atoms with van der Waals surface area (Å²) in [5.41, 5.74) is 19.0. The van der Waals surface area contributed by atoms with Gasteiger partial charge in [0.1, 0.15) is 0 Å². The second-order valence-electron chi connectivity index (χ2n) is 19.2. The number of anilines is 6. The zero-order chi connectivity index (χ0) is 48.7. The van der Waals surface area contributed by atoms with E-state index in [1.807, 2.05) is 0 Å². The van der Waals surface area contributed by atoms with Crippen LogP contribution in [0.4, 0.5) is 34.1 Å². The van der Waals surface area contributed by atoms with Crippen molar-refractivity contribution in [2.24, 2.45) is 0 Å². The van der Waals surface area contributed by atoms with Crippen LogP contribution in [0.25, 0.3) is 77.5 Å². The maximum absolute atomic E-state index is 2.45. The molecule has 2 nitrogen and oxygen atoms in total. The maximum Gasteiger partial charge on any atom is 0.0618 e. The highest BCUT2D eigenvalue weighted by Crippen LogP contribution is 2.50. The van der Waals surface area contributed by atoms with Crippen molar-refractivity contribution in [3.05, 3.63) is 276 Å². The predicted molar refractivity (Wildman–Crippen MR) is 311 cm³/mol. The molecule has 0 saturated carbocycles. The first-order valence-corrected chi connectivity index (χ1v) is 25.0. The first-order chi connectivity index (χ1) is 35.4. The molecule has 0 spiro atoms. The smallest absolute Gasteiger partial charge is 0.0618 e. The van der Waals surface area contributed by atoms with Crippen LogP contribution in [0.1, 0.15) is 33.4 Å². The number of benzene rings is 12. The molecular formula is C70H54N2. The zero-order valence-electron chi connectivity index (χ0n) is 41.1. The summed E-state index contributed by atoms with van der Waals surface area (Å²) in [5.74, 6) is 0. The largest absolute Gasteiger partial charge is 0.310 e. The molecule has 344 valence electrons. The molecule has 0 aliphatic heterocycles. The number of hydrogen-bond donors (Lipinski definition) is 0. The van der Waals surface area contributed by atoms with Gasteiger partial charge in [0.25, 0.3) is 0 Å². The second kappa shape index (κ2) is 18.7. The van der Waals surface area contributed by atoms with Crippen molar-refractivity contribution in [3.63, 3.8) is 0 Å². The van der Waals surface area contributed by atoms with Gasteiger partial charge < -0.3 is 9.80 Å². The quantitative estimate of drug-likeness (QED) is 0.0996. The van der Waals surface area contributed by atoms with Crippen LogP contribution in [0, 0.1) is 27.7 Å². The summed E-state index contributed by atoms with van der Waals surface area (Å²) < 4.78 is 0. The van der Waals surface area contributed by atoms with Gasteiger partial charge in [-0.2, -0.15) is 0 Å². The standard InChI is InChI=1S/C70H54N2/c1-47-25-33-51(34-26-47)35-36-52-37-45-54(46-38-52)71(53-39-27-48(2)28-40-53)68-24-12-21-60-58(18-10-22-62(60)68)57-17-9-20-61-59(57)19-11-23-63(61)69-64-13-5-7-15-66(64)70(67-16-8-6-14-65(67)69)72(55-41-29-49(3)30-42-55)56-43-31-50(4)32-44-56/h5-46H,1-4H3. The van der Waals surface area contributed by atoms with Gasteiger partial charge in [-0.25, -0.2) is 0 Å². The van der Waals surface area contributed by atoms with Gasteiger partial charge in [-0.05, 0) is 143 Å². The Morgan fingerprint density at radius 1 is 0.250 bits per heavy atom. The van der Waals surface area contributed by atoms with Crippen molar-refractivity contribution in [1.29, 1.82) is 0 Å². The van der Waals surface area contributed by atoms with Crippen molar-refractivity contribution in [2.45, 2.75) is 27.7 Å². The SMILES string of the molecule is Cc1ccc(C=Cc2ccc(N(c3ccc(C)cc3)c3cccc4c(-c5cccc6c(-c7c8ccccc8c(N(c8ccc(C)cc8)c8ccc(C)cc8)c8ccccc78)cccc56)cccc34)cc2)cc1. The maximum atomic E-state index is 2.45. The van der Waals surface area contributed by atoms with Crippen LogP contribution < -0.4 is 9.80 Å². The summed E-state index contributed by atoms with van der Waals surface area (Å²) in [4.78, 5) is 4.85. The molecule has 0 fully saturated rings. The van der Waals surface area contributed by atoms with Crippen LogP contribution in [-0.4, -0.2) is 0 Å². The van der Waals surface area contributed by atoms with Gasteiger partial charge in [-0.3, -0.25) is 0 Å². The Hall–Kier alpha value is -8.98. The molecular weight excluding hydrogens is 869 g/mol. The lowest BCUT2D eigenvalue weighted by Crippen LogP contribution is -2.11. The lowest BCUT2D eigenvalue weighted by molar-refractivity contribution is 1.29. The average molecular weight is 923 g/mol. The van der Waals surface area contributed by atoms with Crippen molar-refractivity contribution in [2.75, 3.05) is 9.80 Å². The van der Waals surface area contributed by atoms with Crippen LogP contribution in [0.5, 0.6) is 0 Å². The Bertz CT molecular complexity index is 3870. The molecule has 0 aliphatic carbocycles. The minimum Gasteiger partial charge on any atom is -0.310 e. The molecule has 0 amide bonds. The topological polar surface area (TPSA) is 6.48 Å². The lowest BCUT2D eigenvalue weighted by atomic mass is 9.86. The predicted octanol–water partition coefficient (Wildman–Crippen LogP) is 20.0. The van der Waals surface area contributed by atoms with Gasteiger partial charge in [-0.15, -0.1) is 0 Å². The summed E-state index contributed by atoms with van der Waals surface area (Å²) in [7, 11) is 0. The Kier molecular flexibility index (Phi) is 11.5. The zero-order valence-corrected chi connectivity index (χ0v) is 41.1. The van der Waals surface area contributed by atoms with Crippen molar-refractivity contribution in [1.82, 2.24) is 0 Å². The van der Waals surface area contributed by atoms with Gasteiger partial charge in [0.2, 0.25) is 0 Å². The molecule has 0 bridgehead atoms. The van der Waals surface area contributed by atoms with Crippen LogP contribution >= 0.6 is 0 Å². The van der Waals surface area contributed by atoms with Crippen LogP contribution in [0.2, 0.25) is 0 Å². The fourth-order valence-corrected chi connectivity index (χ4v) is 10.6. The Morgan fingerprint density at radius 3 is 1.04 bits per heavy atom. The Balaban J connectivity index is 1.01. The second-order valence-corrected chi connectivity index (χ2v) is 19.2. The van der Waals surface area contributed by atoms with E-state index in [1.54, 1.807) is 0 Å². The highest BCUT2D eigenvalue weighted by atomic mass is 15.1. The molecule has 0 aromatic heterocycles. The van der Waals surface area contributed by atoms with Gasteiger partial charge in [0, 0.05) is 38.9 Å². The fraction of sp³-hybridized carbons (Fsp3) is 0.0571. The van der Waals surface area contributed by atoms with Crippen LogP contribution in [-0.2, 0) is 0 Å². The van der Waals surface area contributed by atoms with Gasteiger partial charge in [-0.1, -0.05) is 222 Å². The van der Waals surface area contributed by atoms with Gasteiger partial charge in [0.15, 0.2) is 0 Å². The summed E-state index contributed by atoms with van der Waals surface area (Å²) >= 11 is 0. The number of aryl methyl sites for hydroxylation is 4. The van der Waals surface area contributed by atoms with E-state index in [0.29, 0.717) is 0 Å². The summed E-state index contributed by atoms with van der Waals surface area (Å²) in [6.45, 7) is 8.58. The average Bonchev–Trinajstić information content (AvgIpc) is 3.42. The highest BCUT2D eigenvalue weighted by Gasteiger charge is 2.24.